The number of methoxy groups -OCH3 is 1. The van der Waals surface area contributed by atoms with E-state index in [9.17, 15) is 4.79 Å². The molecule has 0 bridgehead atoms. The molecular formula is C10H18N2O2. The Bertz CT molecular complexity index is 232. The molecular weight excluding hydrogens is 180 g/mol. The molecule has 2 N–H and O–H groups in total. The molecule has 2 aliphatic rings. The van der Waals surface area contributed by atoms with Gasteiger partial charge < -0.3 is 15.4 Å². The Morgan fingerprint density at radius 2 is 2.29 bits per heavy atom. The lowest BCUT2D eigenvalue weighted by atomic mass is 10.2. The van der Waals surface area contributed by atoms with Crippen molar-refractivity contribution in [1.82, 2.24) is 4.90 Å². The highest BCUT2D eigenvalue weighted by atomic mass is 16.5. The first-order chi connectivity index (χ1) is 6.72. The van der Waals surface area contributed by atoms with Crippen molar-refractivity contribution < 1.29 is 9.53 Å². The van der Waals surface area contributed by atoms with Crippen molar-refractivity contribution in [1.29, 1.82) is 0 Å². The predicted molar refractivity (Wildman–Crippen MR) is 52.7 cm³/mol. The molecule has 1 aliphatic carbocycles. The third kappa shape index (κ3) is 1.64. The van der Waals surface area contributed by atoms with Crippen LogP contribution in [-0.4, -0.2) is 42.6 Å². The molecule has 4 nitrogen and oxygen atoms in total. The fourth-order valence-electron chi connectivity index (χ4n) is 2.62. The molecule has 14 heavy (non-hydrogen) atoms. The Morgan fingerprint density at radius 1 is 1.50 bits per heavy atom. The number of amides is 1. The summed E-state index contributed by atoms with van der Waals surface area (Å²) in [6.07, 6.45) is 4.02. The maximum atomic E-state index is 11.6. The SMILES string of the molecule is COC1CCCC1N1CC(N)CC1=O. The van der Waals surface area contributed by atoms with E-state index in [1.807, 2.05) is 4.90 Å². The van der Waals surface area contributed by atoms with Crippen molar-refractivity contribution >= 4 is 5.91 Å². The highest BCUT2D eigenvalue weighted by Crippen LogP contribution is 2.29. The van der Waals surface area contributed by atoms with Gasteiger partial charge >= 0.3 is 0 Å². The molecule has 1 amide bonds. The number of rotatable bonds is 2. The Labute approximate surface area is 84.4 Å². The van der Waals surface area contributed by atoms with E-state index in [-0.39, 0.29) is 24.1 Å². The molecule has 0 spiro atoms. The summed E-state index contributed by atoms with van der Waals surface area (Å²) in [5.74, 6) is 0.200. The molecule has 1 saturated heterocycles. The molecule has 1 saturated carbocycles. The van der Waals surface area contributed by atoms with E-state index in [1.165, 1.54) is 0 Å². The first kappa shape index (κ1) is 9.93. The predicted octanol–water partition coefficient (Wildman–Crippen LogP) is 0.113. The summed E-state index contributed by atoms with van der Waals surface area (Å²) in [5, 5.41) is 0. The van der Waals surface area contributed by atoms with Crippen molar-refractivity contribution in [2.24, 2.45) is 5.73 Å². The number of nitrogens with zero attached hydrogens (tertiary/aromatic N) is 1. The number of carbonyl (C=O) groups excluding carboxylic acids is 1. The third-order valence-corrected chi connectivity index (χ3v) is 3.31. The van der Waals surface area contributed by atoms with Crippen LogP contribution in [0, 0.1) is 0 Å². The van der Waals surface area contributed by atoms with Crippen LogP contribution in [-0.2, 0) is 9.53 Å². The van der Waals surface area contributed by atoms with Gasteiger partial charge in [-0.2, -0.15) is 0 Å². The third-order valence-electron chi connectivity index (χ3n) is 3.31. The molecule has 3 atom stereocenters. The monoisotopic (exact) mass is 198 g/mol. The van der Waals surface area contributed by atoms with Crippen LogP contribution in [0.3, 0.4) is 0 Å². The van der Waals surface area contributed by atoms with Crippen LogP contribution >= 0.6 is 0 Å². The van der Waals surface area contributed by atoms with Gasteiger partial charge in [0.1, 0.15) is 0 Å². The molecule has 0 radical (unpaired) electrons. The lowest BCUT2D eigenvalue weighted by Crippen LogP contribution is -2.43. The van der Waals surface area contributed by atoms with Gasteiger partial charge in [0, 0.05) is 26.1 Å². The molecule has 0 aromatic rings. The Kier molecular flexibility index (Phi) is 2.74. The zero-order valence-electron chi connectivity index (χ0n) is 8.61. The molecule has 2 rings (SSSR count). The van der Waals surface area contributed by atoms with Crippen LogP contribution < -0.4 is 5.73 Å². The van der Waals surface area contributed by atoms with Gasteiger partial charge in [0.15, 0.2) is 0 Å². The normalized spacial score (nSPS) is 38.3. The second kappa shape index (κ2) is 3.87. The zero-order valence-corrected chi connectivity index (χ0v) is 8.61. The summed E-state index contributed by atoms with van der Waals surface area (Å²) in [6.45, 7) is 0.712. The van der Waals surface area contributed by atoms with E-state index in [0.29, 0.717) is 13.0 Å². The summed E-state index contributed by atoms with van der Waals surface area (Å²) in [4.78, 5) is 13.5. The fraction of sp³-hybridized carbons (Fsp3) is 0.900. The minimum atomic E-state index is 0.0283. The first-order valence-electron chi connectivity index (χ1n) is 5.30. The van der Waals surface area contributed by atoms with Gasteiger partial charge in [-0.25, -0.2) is 0 Å². The minimum absolute atomic E-state index is 0.0283. The summed E-state index contributed by atoms with van der Waals surface area (Å²) < 4.78 is 5.39. The number of nitrogens with two attached hydrogens (primary N) is 1. The van der Waals surface area contributed by atoms with Crippen LogP contribution in [0.1, 0.15) is 25.7 Å². The Morgan fingerprint density at radius 3 is 2.86 bits per heavy atom. The Hall–Kier alpha value is -0.610. The highest BCUT2D eigenvalue weighted by molar-refractivity contribution is 5.79. The fourth-order valence-corrected chi connectivity index (χ4v) is 2.62. The van der Waals surface area contributed by atoms with Crippen LogP contribution in [0.25, 0.3) is 0 Å². The first-order valence-corrected chi connectivity index (χ1v) is 5.30. The van der Waals surface area contributed by atoms with Crippen molar-refractivity contribution in [3.8, 4) is 0 Å². The summed E-state index contributed by atoms with van der Waals surface area (Å²) in [5.41, 5.74) is 5.77. The van der Waals surface area contributed by atoms with Crippen molar-refractivity contribution in [2.75, 3.05) is 13.7 Å². The van der Waals surface area contributed by atoms with E-state index in [0.717, 1.165) is 19.3 Å². The molecule has 0 aromatic heterocycles. The van der Waals surface area contributed by atoms with Crippen LogP contribution in [0.2, 0.25) is 0 Å². The van der Waals surface area contributed by atoms with Crippen molar-refractivity contribution in [2.45, 2.75) is 43.9 Å². The molecule has 80 valence electrons. The lowest BCUT2D eigenvalue weighted by molar-refractivity contribution is -0.131. The quantitative estimate of drug-likeness (QED) is 0.685. The molecule has 3 unspecified atom stereocenters. The van der Waals surface area contributed by atoms with Crippen LogP contribution in [0.15, 0.2) is 0 Å². The molecule has 4 heteroatoms. The molecule has 1 aliphatic heterocycles. The van der Waals surface area contributed by atoms with Gasteiger partial charge in [0.05, 0.1) is 12.1 Å². The van der Waals surface area contributed by atoms with E-state index in [2.05, 4.69) is 0 Å². The number of carbonyl (C=O) groups is 1. The topological polar surface area (TPSA) is 55.6 Å². The highest BCUT2D eigenvalue weighted by Gasteiger charge is 2.39. The van der Waals surface area contributed by atoms with Gasteiger partial charge in [0.25, 0.3) is 0 Å². The minimum Gasteiger partial charge on any atom is -0.379 e. The zero-order chi connectivity index (χ0) is 10.1. The average molecular weight is 198 g/mol. The number of hydrogen-bond acceptors (Lipinski definition) is 3. The smallest absolute Gasteiger partial charge is 0.224 e. The van der Waals surface area contributed by atoms with E-state index in [4.69, 9.17) is 10.5 Å². The molecule has 1 heterocycles. The van der Waals surface area contributed by atoms with Crippen LogP contribution in [0.4, 0.5) is 0 Å². The second-order valence-corrected chi connectivity index (χ2v) is 4.28. The van der Waals surface area contributed by atoms with E-state index in [1.54, 1.807) is 7.11 Å². The number of ether oxygens (including phenoxy) is 1. The van der Waals surface area contributed by atoms with Gasteiger partial charge in [-0.05, 0) is 19.3 Å². The van der Waals surface area contributed by atoms with Crippen molar-refractivity contribution in [3.05, 3.63) is 0 Å². The molecule has 2 fully saturated rings. The van der Waals surface area contributed by atoms with E-state index >= 15 is 0 Å². The van der Waals surface area contributed by atoms with Gasteiger partial charge in [-0.1, -0.05) is 0 Å². The Balaban J connectivity index is 2.03. The summed E-state index contributed by atoms with van der Waals surface area (Å²) in [6, 6.07) is 0.307. The second-order valence-electron chi connectivity index (χ2n) is 4.28. The van der Waals surface area contributed by atoms with Crippen LogP contribution in [0.5, 0.6) is 0 Å². The average Bonchev–Trinajstić information content (AvgIpc) is 2.71. The van der Waals surface area contributed by atoms with Gasteiger partial charge in [-0.15, -0.1) is 0 Å². The van der Waals surface area contributed by atoms with Gasteiger partial charge in [0.2, 0.25) is 5.91 Å². The molecule has 0 aromatic carbocycles. The van der Waals surface area contributed by atoms with E-state index < -0.39 is 0 Å². The largest absolute Gasteiger partial charge is 0.379 e. The maximum Gasteiger partial charge on any atom is 0.224 e. The summed E-state index contributed by atoms with van der Waals surface area (Å²) >= 11 is 0. The number of likely N-dealkylation sites (tertiary alicyclic amines) is 1. The standard InChI is InChI=1S/C10H18N2O2/c1-14-9-4-2-3-8(9)12-6-7(11)5-10(12)13/h7-9H,2-6,11H2,1H3. The maximum absolute atomic E-state index is 11.6. The van der Waals surface area contributed by atoms with Gasteiger partial charge in [-0.3, -0.25) is 4.79 Å². The van der Waals surface area contributed by atoms with Crippen molar-refractivity contribution in [3.63, 3.8) is 0 Å². The lowest BCUT2D eigenvalue weighted by Gasteiger charge is -2.28. The number of hydrogen-bond donors (Lipinski definition) is 1. The summed E-state index contributed by atoms with van der Waals surface area (Å²) in [7, 11) is 1.73.